The van der Waals surface area contributed by atoms with Gasteiger partial charge in [-0.15, -0.1) is 0 Å². The molecule has 1 aromatic heterocycles. The number of hydrogen-bond donors (Lipinski definition) is 2. The highest BCUT2D eigenvalue weighted by Crippen LogP contribution is 2.24. The van der Waals surface area contributed by atoms with Crippen molar-refractivity contribution in [2.24, 2.45) is 0 Å². The van der Waals surface area contributed by atoms with Crippen molar-refractivity contribution >= 4 is 5.82 Å². The van der Waals surface area contributed by atoms with E-state index in [9.17, 15) is 4.79 Å². The van der Waals surface area contributed by atoms with Crippen LogP contribution in [0.3, 0.4) is 0 Å². The molecule has 1 atom stereocenters. The van der Waals surface area contributed by atoms with Gasteiger partial charge in [0, 0.05) is 31.2 Å². The molecular formula is C14H23N3O2. The molecule has 1 fully saturated rings. The lowest BCUT2D eigenvalue weighted by Gasteiger charge is -2.36. The minimum atomic E-state index is -0.0954. The summed E-state index contributed by atoms with van der Waals surface area (Å²) in [6, 6.07) is 1.87. The standard InChI is InChI=1S/C14H23N3O2/c1-10(2)14-15-12(9-13(19)16-14)17-7-4-3-5-11(17)6-8-18/h9-11,18H,3-8H2,1-2H3,(H,15,16,19). The van der Waals surface area contributed by atoms with Crippen LogP contribution in [0.15, 0.2) is 10.9 Å². The van der Waals surface area contributed by atoms with Crippen LogP contribution in [0.1, 0.15) is 51.3 Å². The molecule has 1 saturated heterocycles. The van der Waals surface area contributed by atoms with Crippen molar-refractivity contribution in [2.45, 2.75) is 51.5 Å². The highest BCUT2D eigenvalue weighted by molar-refractivity contribution is 5.39. The first-order valence-corrected chi connectivity index (χ1v) is 7.10. The number of H-pyrrole nitrogens is 1. The fourth-order valence-corrected chi connectivity index (χ4v) is 2.64. The molecule has 1 aromatic rings. The van der Waals surface area contributed by atoms with E-state index in [1.165, 1.54) is 6.42 Å². The van der Waals surface area contributed by atoms with Crippen LogP contribution >= 0.6 is 0 Å². The fourth-order valence-electron chi connectivity index (χ4n) is 2.64. The van der Waals surface area contributed by atoms with Crippen molar-refractivity contribution in [3.8, 4) is 0 Å². The normalized spacial score (nSPS) is 20.0. The van der Waals surface area contributed by atoms with Crippen molar-refractivity contribution in [3.63, 3.8) is 0 Å². The lowest BCUT2D eigenvalue weighted by atomic mass is 9.99. The summed E-state index contributed by atoms with van der Waals surface area (Å²) in [7, 11) is 0. The zero-order valence-corrected chi connectivity index (χ0v) is 11.7. The topological polar surface area (TPSA) is 69.2 Å². The van der Waals surface area contributed by atoms with Crippen molar-refractivity contribution in [3.05, 3.63) is 22.2 Å². The molecule has 5 nitrogen and oxygen atoms in total. The molecule has 1 unspecified atom stereocenters. The first kappa shape index (κ1) is 14.1. The number of aromatic amines is 1. The van der Waals surface area contributed by atoms with E-state index in [-0.39, 0.29) is 18.1 Å². The summed E-state index contributed by atoms with van der Waals surface area (Å²) in [4.78, 5) is 21.3. The first-order valence-electron chi connectivity index (χ1n) is 7.10. The number of hydrogen-bond acceptors (Lipinski definition) is 4. The van der Waals surface area contributed by atoms with Gasteiger partial charge in [-0.05, 0) is 25.7 Å². The van der Waals surface area contributed by atoms with E-state index in [1.807, 2.05) is 13.8 Å². The fraction of sp³-hybridized carbons (Fsp3) is 0.714. The van der Waals surface area contributed by atoms with Gasteiger partial charge < -0.3 is 15.0 Å². The van der Waals surface area contributed by atoms with Crippen LogP contribution in [-0.2, 0) is 0 Å². The summed E-state index contributed by atoms with van der Waals surface area (Å²) < 4.78 is 0. The van der Waals surface area contributed by atoms with Gasteiger partial charge in [0.2, 0.25) is 0 Å². The lowest BCUT2D eigenvalue weighted by Crippen LogP contribution is -2.41. The van der Waals surface area contributed by atoms with Gasteiger partial charge >= 0.3 is 0 Å². The Kier molecular flexibility index (Phi) is 4.58. The third-order valence-corrected chi connectivity index (χ3v) is 3.68. The molecule has 5 heteroatoms. The van der Waals surface area contributed by atoms with Crippen molar-refractivity contribution in [1.29, 1.82) is 0 Å². The first-order chi connectivity index (χ1) is 9.11. The Hall–Kier alpha value is -1.36. The van der Waals surface area contributed by atoms with Gasteiger partial charge in [-0.25, -0.2) is 4.98 Å². The zero-order valence-electron chi connectivity index (χ0n) is 11.7. The Bertz CT molecular complexity index is 468. The molecule has 2 rings (SSSR count). The van der Waals surface area contributed by atoms with E-state index >= 15 is 0 Å². The van der Waals surface area contributed by atoms with Gasteiger partial charge in [0.25, 0.3) is 5.56 Å². The summed E-state index contributed by atoms with van der Waals surface area (Å²) >= 11 is 0. The molecule has 2 heterocycles. The summed E-state index contributed by atoms with van der Waals surface area (Å²) in [5, 5.41) is 9.17. The lowest BCUT2D eigenvalue weighted by molar-refractivity contribution is 0.262. The summed E-state index contributed by atoms with van der Waals surface area (Å²) in [6.45, 7) is 5.13. The smallest absolute Gasteiger partial charge is 0.252 e. The van der Waals surface area contributed by atoms with E-state index in [0.29, 0.717) is 6.04 Å². The molecule has 2 N–H and O–H groups in total. The van der Waals surface area contributed by atoms with Gasteiger partial charge in [0.1, 0.15) is 11.6 Å². The van der Waals surface area contributed by atoms with Crippen molar-refractivity contribution in [1.82, 2.24) is 9.97 Å². The second-order valence-corrected chi connectivity index (χ2v) is 5.50. The molecule has 19 heavy (non-hydrogen) atoms. The minimum Gasteiger partial charge on any atom is -0.396 e. The Morgan fingerprint density at radius 3 is 3.00 bits per heavy atom. The Balaban J connectivity index is 2.30. The van der Waals surface area contributed by atoms with E-state index in [0.717, 1.165) is 37.4 Å². The van der Waals surface area contributed by atoms with Crippen molar-refractivity contribution in [2.75, 3.05) is 18.1 Å². The number of aliphatic hydroxyl groups excluding tert-OH is 1. The zero-order chi connectivity index (χ0) is 13.8. The van der Waals surface area contributed by atoms with E-state index in [2.05, 4.69) is 14.9 Å². The van der Waals surface area contributed by atoms with Crippen LogP contribution in [-0.4, -0.2) is 34.3 Å². The molecule has 0 aliphatic carbocycles. The van der Waals surface area contributed by atoms with Gasteiger partial charge in [0.05, 0.1) is 0 Å². The van der Waals surface area contributed by atoms with Gasteiger partial charge in [-0.3, -0.25) is 4.79 Å². The molecule has 0 radical (unpaired) electrons. The van der Waals surface area contributed by atoms with Gasteiger partial charge in [0.15, 0.2) is 0 Å². The average molecular weight is 265 g/mol. The molecule has 0 spiro atoms. The number of aromatic nitrogens is 2. The van der Waals surface area contributed by atoms with Gasteiger partial charge in [-0.2, -0.15) is 0 Å². The van der Waals surface area contributed by atoms with Crippen LogP contribution in [0, 0.1) is 0 Å². The monoisotopic (exact) mass is 265 g/mol. The van der Waals surface area contributed by atoms with Crippen LogP contribution in [0.2, 0.25) is 0 Å². The Morgan fingerprint density at radius 2 is 2.32 bits per heavy atom. The van der Waals surface area contributed by atoms with Gasteiger partial charge in [-0.1, -0.05) is 13.8 Å². The van der Waals surface area contributed by atoms with Crippen LogP contribution in [0.5, 0.6) is 0 Å². The molecular weight excluding hydrogens is 242 g/mol. The van der Waals surface area contributed by atoms with Crippen LogP contribution < -0.4 is 10.5 Å². The molecule has 0 aromatic carbocycles. The minimum absolute atomic E-state index is 0.0954. The van der Waals surface area contributed by atoms with Crippen LogP contribution in [0.25, 0.3) is 0 Å². The molecule has 1 aliphatic heterocycles. The maximum atomic E-state index is 11.8. The molecule has 1 aliphatic rings. The molecule has 0 amide bonds. The predicted molar refractivity (Wildman–Crippen MR) is 75.6 cm³/mol. The number of aliphatic hydroxyl groups is 1. The summed E-state index contributed by atoms with van der Waals surface area (Å²) in [6.07, 6.45) is 4.10. The highest BCUT2D eigenvalue weighted by atomic mass is 16.3. The third kappa shape index (κ3) is 3.35. The third-order valence-electron chi connectivity index (χ3n) is 3.68. The predicted octanol–water partition coefficient (Wildman–Crippen LogP) is 1.63. The van der Waals surface area contributed by atoms with E-state index in [1.54, 1.807) is 6.07 Å². The highest BCUT2D eigenvalue weighted by Gasteiger charge is 2.24. The maximum Gasteiger partial charge on any atom is 0.252 e. The number of piperidine rings is 1. The second-order valence-electron chi connectivity index (χ2n) is 5.50. The summed E-state index contributed by atoms with van der Waals surface area (Å²) in [5.74, 6) is 1.69. The number of nitrogens with one attached hydrogen (secondary N) is 1. The second kappa shape index (κ2) is 6.19. The number of anilines is 1. The molecule has 0 saturated carbocycles. The largest absolute Gasteiger partial charge is 0.396 e. The number of rotatable bonds is 4. The molecule has 106 valence electrons. The van der Waals surface area contributed by atoms with E-state index in [4.69, 9.17) is 5.11 Å². The molecule has 0 bridgehead atoms. The Morgan fingerprint density at radius 1 is 1.53 bits per heavy atom. The average Bonchev–Trinajstić information content (AvgIpc) is 2.39. The number of nitrogens with zero attached hydrogens (tertiary/aromatic N) is 2. The Labute approximate surface area is 113 Å². The van der Waals surface area contributed by atoms with E-state index < -0.39 is 0 Å². The SMILES string of the molecule is CC(C)c1nc(N2CCCCC2CCO)cc(=O)[nH]1. The summed E-state index contributed by atoms with van der Waals surface area (Å²) in [5.41, 5.74) is -0.0954. The maximum absolute atomic E-state index is 11.8. The van der Waals surface area contributed by atoms with Crippen molar-refractivity contribution < 1.29 is 5.11 Å². The quantitative estimate of drug-likeness (QED) is 0.868. The van der Waals surface area contributed by atoms with Crippen LogP contribution in [0.4, 0.5) is 5.82 Å².